The lowest BCUT2D eigenvalue weighted by molar-refractivity contribution is 0.647. The maximum atomic E-state index is 6.04. The van der Waals surface area contributed by atoms with Crippen molar-refractivity contribution in [1.29, 1.82) is 0 Å². The van der Waals surface area contributed by atoms with Gasteiger partial charge in [0.25, 0.3) is 0 Å². The van der Waals surface area contributed by atoms with Crippen LogP contribution in [0.2, 0.25) is 0 Å². The van der Waals surface area contributed by atoms with Crippen molar-refractivity contribution in [3.05, 3.63) is 12.1 Å². The van der Waals surface area contributed by atoms with Gasteiger partial charge in [0.1, 0.15) is 11.6 Å². The number of aromatic nitrogens is 2. The third kappa shape index (κ3) is 1.31. The summed E-state index contributed by atoms with van der Waals surface area (Å²) in [6.07, 6.45) is 0. The van der Waals surface area contributed by atoms with Crippen LogP contribution in [-0.2, 0) is 7.05 Å². The lowest BCUT2D eigenvalue weighted by Gasteiger charge is -2.24. The predicted molar refractivity (Wildman–Crippen MR) is 69.0 cm³/mol. The number of nitrogen functional groups attached to an aromatic ring is 2. The molecule has 0 atom stereocenters. The standard InChI is InChI=1S/C11H19N5/c1-4-15(5-2)16-9-7-10(12)14(3)8(9)6-11(16)13/h6-7H,4-5,12-13H2,1-3H3. The van der Waals surface area contributed by atoms with E-state index in [1.165, 1.54) is 0 Å². The van der Waals surface area contributed by atoms with E-state index < -0.39 is 0 Å². The summed E-state index contributed by atoms with van der Waals surface area (Å²) in [4.78, 5) is 0. The summed E-state index contributed by atoms with van der Waals surface area (Å²) >= 11 is 0. The predicted octanol–water partition coefficient (Wildman–Crippen LogP) is 1.12. The topological polar surface area (TPSA) is 65.1 Å². The monoisotopic (exact) mass is 221 g/mol. The molecule has 2 heterocycles. The van der Waals surface area contributed by atoms with Gasteiger partial charge in [-0.25, -0.2) is 4.68 Å². The second-order valence-electron chi connectivity index (χ2n) is 3.92. The van der Waals surface area contributed by atoms with Crippen LogP contribution in [0.25, 0.3) is 11.0 Å². The molecule has 4 N–H and O–H groups in total. The number of nitrogens with zero attached hydrogens (tertiary/aromatic N) is 3. The molecule has 0 unspecified atom stereocenters. The largest absolute Gasteiger partial charge is 0.385 e. The smallest absolute Gasteiger partial charge is 0.125 e. The molecule has 2 aromatic rings. The third-order valence-corrected chi connectivity index (χ3v) is 3.07. The molecule has 5 nitrogen and oxygen atoms in total. The first-order valence-corrected chi connectivity index (χ1v) is 5.57. The first-order valence-electron chi connectivity index (χ1n) is 5.57. The Hall–Kier alpha value is -1.78. The van der Waals surface area contributed by atoms with Crippen molar-refractivity contribution in [1.82, 2.24) is 9.24 Å². The highest BCUT2D eigenvalue weighted by molar-refractivity contribution is 5.86. The van der Waals surface area contributed by atoms with Crippen molar-refractivity contribution in [3.63, 3.8) is 0 Å². The van der Waals surface area contributed by atoms with E-state index in [1.54, 1.807) is 0 Å². The quantitative estimate of drug-likeness (QED) is 0.816. The van der Waals surface area contributed by atoms with Crippen LogP contribution < -0.4 is 16.5 Å². The molecule has 0 radical (unpaired) electrons. The SMILES string of the molecule is CCN(CC)n1c(N)cc2c1cc(N)n2C. The van der Waals surface area contributed by atoms with Gasteiger partial charge in [-0.3, -0.25) is 0 Å². The number of rotatable bonds is 3. The number of hydrogen-bond donors (Lipinski definition) is 2. The maximum absolute atomic E-state index is 6.04. The molecule has 2 rings (SSSR count). The van der Waals surface area contributed by atoms with Crippen LogP contribution in [0.1, 0.15) is 13.8 Å². The molecule has 2 aromatic heterocycles. The molecule has 0 aliphatic carbocycles. The highest BCUT2D eigenvalue weighted by Gasteiger charge is 2.14. The van der Waals surface area contributed by atoms with Gasteiger partial charge >= 0.3 is 0 Å². The molecule has 0 spiro atoms. The van der Waals surface area contributed by atoms with Crippen LogP contribution in [0.5, 0.6) is 0 Å². The molecule has 0 saturated heterocycles. The second kappa shape index (κ2) is 3.66. The molecule has 0 aromatic carbocycles. The van der Waals surface area contributed by atoms with Gasteiger partial charge in [0, 0.05) is 32.3 Å². The van der Waals surface area contributed by atoms with Crippen LogP contribution in [-0.4, -0.2) is 22.3 Å². The Balaban J connectivity index is 2.67. The Labute approximate surface area is 95.2 Å². The van der Waals surface area contributed by atoms with Crippen LogP contribution >= 0.6 is 0 Å². The first kappa shape index (κ1) is 10.7. The summed E-state index contributed by atoms with van der Waals surface area (Å²) in [7, 11) is 1.95. The van der Waals surface area contributed by atoms with Crippen molar-refractivity contribution in [2.24, 2.45) is 7.05 Å². The van der Waals surface area contributed by atoms with Crippen molar-refractivity contribution < 1.29 is 0 Å². The Kier molecular flexibility index (Phi) is 2.46. The third-order valence-electron chi connectivity index (χ3n) is 3.07. The zero-order chi connectivity index (χ0) is 11.9. The number of hydrogen-bond acceptors (Lipinski definition) is 3. The molecule has 0 saturated carbocycles. The number of fused-ring (bicyclic) bond motifs is 1. The molecule has 88 valence electrons. The Morgan fingerprint density at radius 3 is 2.19 bits per heavy atom. The first-order chi connectivity index (χ1) is 7.60. The molecular formula is C11H19N5. The van der Waals surface area contributed by atoms with Crippen molar-refractivity contribution >= 4 is 22.7 Å². The highest BCUT2D eigenvalue weighted by atomic mass is 15.6. The molecule has 0 aliphatic heterocycles. The summed E-state index contributed by atoms with van der Waals surface area (Å²) in [5.74, 6) is 1.51. The molecule has 0 amide bonds. The van der Waals surface area contributed by atoms with E-state index >= 15 is 0 Å². The summed E-state index contributed by atoms with van der Waals surface area (Å²) in [5.41, 5.74) is 14.1. The van der Waals surface area contributed by atoms with Gasteiger partial charge in [0.2, 0.25) is 0 Å². The Bertz CT molecular complexity index is 504. The summed E-state index contributed by atoms with van der Waals surface area (Å²) in [5, 5.41) is 2.18. The minimum atomic E-state index is 0.754. The average molecular weight is 221 g/mol. The number of anilines is 2. The number of nitrogens with two attached hydrogens (primary N) is 2. The molecule has 5 heteroatoms. The van der Waals surface area contributed by atoms with Gasteiger partial charge in [-0.1, -0.05) is 0 Å². The maximum Gasteiger partial charge on any atom is 0.125 e. The fourth-order valence-electron chi connectivity index (χ4n) is 2.12. The fourth-order valence-corrected chi connectivity index (χ4v) is 2.12. The fraction of sp³-hybridized carbons (Fsp3) is 0.455. The molecular weight excluding hydrogens is 202 g/mol. The zero-order valence-corrected chi connectivity index (χ0v) is 10.1. The van der Waals surface area contributed by atoms with Crippen molar-refractivity contribution in [3.8, 4) is 0 Å². The lowest BCUT2D eigenvalue weighted by Crippen LogP contribution is -2.34. The van der Waals surface area contributed by atoms with Crippen molar-refractivity contribution in [2.45, 2.75) is 13.8 Å². The second-order valence-corrected chi connectivity index (χ2v) is 3.92. The van der Waals surface area contributed by atoms with E-state index in [0.717, 1.165) is 35.8 Å². The lowest BCUT2D eigenvalue weighted by atomic mass is 10.5. The summed E-state index contributed by atoms with van der Waals surface area (Å²) in [6.45, 7) is 6.06. The van der Waals surface area contributed by atoms with Crippen LogP contribution in [0, 0.1) is 0 Å². The molecule has 0 bridgehead atoms. The number of aryl methyl sites for hydroxylation is 1. The van der Waals surface area contributed by atoms with Gasteiger partial charge in [-0.15, -0.1) is 0 Å². The Morgan fingerprint density at radius 2 is 1.62 bits per heavy atom. The van der Waals surface area contributed by atoms with E-state index in [2.05, 4.69) is 18.9 Å². The normalized spacial score (nSPS) is 11.2. The summed E-state index contributed by atoms with van der Waals surface area (Å²) < 4.78 is 3.98. The molecule has 16 heavy (non-hydrogen) atoms. The van der Waals surface area contributed by atoms with E-state index in [-0.39, 0.29) is 0 Å². The van der Waals surface area contributed by atoms with Gasteiger partial charge in [0.05, 0.1) is 11.0 Å². The van der Waals surface area contributed by atoms with Gasteiger partial charge in [-0.05, 0) is 13.8 Å². The Morgan fingerprint density at radius 1 is 1.06 bits per heavy atom. The van der Waals surface area contributed by atoms with E-state index in [9.17, 15) is 0 Å². The minimum Gasteiger partial charge on any atom is -0.385 e. The zero-order valence-electron chi connectivity index (χ0n) is 10.1. The van der Waals surface area contributed by atoms with Crippen LogP contribution in [0.4, 0.5) is 11.6 Å². The molecule has 0 fully saturated rings. The van der Waals surface area contributed by atoms with Crippen molar-refractivity contribution in [2.75, 3.05) is 29.6 Å². The highest BCUT2D eigenvalue weighted by Crippen LogP contribution is 2.26. The van der Waals surface area contributed by atoms with E-state index in [4.69, 9.17) is 11.5 Å². The van der Waals surface area contributed by atoms with Gasteiger partial charge in [-0.2, -0.15) is 0 Å². The van der Waals surface area contributed by atoms with Crippen LogP contribution in [0.15, 0.2) is 12.1 Å². The average Bonchev–Trinajstić information content (AvgIpc) is 2.70. The van der Waals surface area contributed by atoms with E-state index in [1.807, 2.05) is 28.4 Å². The van der Waals surface area contributed by atoms with Gasteiger partial charge < -0.3 is 21.0 Å². The molecule has 0 aliphatic rings. The van der Waals surface area contributed by atoms with Gasteiger partial charge in [0.15, 0.2) is 0 Å². The minimum absolute atomic E-state index is 0.754. The van der Waals surface area contributed by atoms with Crippen LogP contribution in [0.3, 0.4) is 0 Å². The summed E-state index contributed by atoms with van der Waals surface area (Å²) in [6, 6.07) is 3.92. The van der Waals surface area contributed by atoms with E-state index in [0.29, 0.717) is 0 Å².